The van der Waals surface area contributed by atoms with Gasteiger partial charge in [-0.2, -0.15) is 17.4 Å². The number of carbonyl (C=O) groups is 1. The lowest BCUT2D eigenvalue weighted by Crippen LogP contribution is -2.47. The molecule has 0 radical (unpaired) electrons. The van der Waals surface area contributed by atoms with Crippen LogP contribution in [0.2, 0.25) is 0 Å². The quantitative estimate of drug-likeness (QED) is 0.688. The van der Waals surface area contributed by atoms with E-state index in [2.05, 4.69) is 4.72 Å². The number of nitrogens with one attached hydrogen (secondary N) is 1. The fraction of sp³-hybridized carbons (Fsp3) is 0.875. The van der Waals surface area contributed by atoms with Crippen LogP contribution < -0.4 is 4.72 Å². The minimum absolute atomic E-state index is 0.0186. The molecule has 1 heterocycles. The van der Waals surface area contributed by atoms with E-state index in [1.807, 2.05) is 0 Å². The van der Waals surface area contributed by atoms with E-state index in [-0.39, 0.29) is 6.04 Å². The van der Waals surface area contributed by atoms with E-state index >= 15 is 0 Å². The number of hydrogen-bond donors (Lipinski definition) is 2. The van der Waals surface area contributed by atoms with Gasteiger partial charge in [-0.25, -0.2) is 0 Å². The number of nitrogens with zero attached hydrogens (tertiary/aromatic N) is 1. The van der Waals surface area contributed by atoms with E-state index in [4.69, 9.17) is 5.11 Å². The topological polar surface area (TPSA) is 86.7 Å². The van der Waals surface area contributed by atoms with Crippen molar-refractivity contribution in [3.63, 3.8) is 0 Å². The van der Waals surface area contributed by atoms with Crippen molar-refractivity contribution in [2.45, 2.75) is 37.8 Å². The fourth-order valence-corrected chi connectivity index (χ4v) is 3.45. The molecule has 7 heteroatoms. The van der Waals surface area contributed by atoms with Crippen LogP contribution in [0, 0.1) is 0 Å². The molecule has 0 aromatic carbocycles. The highest BCUT2D eigenvalue weighted by atomic mass is 32.2. The van der Waals surface area contributed by atoms with Crippen molar-refractivity contribution in [2.75, 3.05) is 6.54 Å². The van der Waals surface area contributed by atoms with E-state index in [0.717, 1.165) is 17.1 Å². The van der Waals surface area contributed by atoms with Gasteiger partial charge < -0.3 is 5.11 Å². The maximum atomic E-state index is 11.7. The first kappa shape index (κ1) is 10.8. The van der Waals surface area contributed by atoms with E-state index in [1.54, 1.807) is 0 Å². The van der Waals surface area contributed by atoms with Crippen LogP contribution in [0.15, 0.2) is 0 Å². The second-order valence-electron chi connectivity index (χ2n) is 4.00. The monoisotopic (exact) mass is 234 g/mol. The number of hydrogen-bond acceptors (Lipinski definition) is 3. The first-order chi connectivity index (χ1) is 7.00. The minimum Gasteiger partial charge on any atom is -0.480 e. The van der Waals surface area contributed by atoms with E-state index in [0.29, 0.717) is 19.4 Å². The van der Waals surface area contributed by atoms with Gasteiger partial charge in [0.2, 0.25) is 0 Å². The summed E-state index contributed by atoms with van der Waals surface area (Å²) in [6.45, 7) is 0.305. The Bertz CT molecular complexity index is 363. The number of aliphatic carboxylic acids is 1. The average Bonchev–Trinajstić information content (AvgIpc) is 2.80. The molecule has 0 aromatic heterocycles. The van der Waals surface area contributed by atoms with Crippen molar-refractivity contribution in [1.82, 2.24) is 9.03 Å². The Balaban J connectivity index is 2.10. The van der Waals surface area contributed by atoms with Crippen LogP contribution in [0.1, 0.15) is 25.7 Å². The lowest BCUT2D eigenvalue weighted by molar-refractivity contribution is -0.140. The van der Waals surface area contributed by atoms with Crippen LogP contribution in [0.25, 0.3) is 0 Å². The first-order valence-corrected chi connectivity index (χ1v) is 6.46. The lowest BCUT2D eigenvalue weighted by atomic mass is 10.2. The summed E-state index contributed by atoms with van der Waals surface area (Å²) in [5.41, 5.74) is 0. The highest BCUT2D eigenvalue weighted by molar-refractivity contribution is 7.87. The lowest BCUT2D eigenvalue weighted by Gasteiger charge is -2.20. The third-order valence-corrected chi connectivity index (χ3v) is 4.38. The molecule has 2 rings (SSSR count). The summed E-state index contributed by atoms with van der Waals surface area (Å²) in [5.74, 6) is -1.06. The van der Waals surface area contributed by atoms with Gasteiger partial charge in [-0.15, -0.1) is 0 Å². The third kappa shape index (κ3) is 2.30. The highest BCUT2D eigenvalue weighted by Crippen LogP contribution is 2.24. The Morgan fingerprint density at radius 1 is 1.33 bits per heavy atom. The second-order valence-corrected chi connectivity index (χ2v) is 5.66. The smallest absolute Gasteiger partial charge is 0.322 e. The summed E-state index contributed by atoms with van der Waals surface area (Å²) in [6.07, 6.45) is 2.72. The van der Waals surface area contributed by atoms with Gasteiger partial charge >= 0.3 is 5.97 Å². The molecule has 1 aliphatic heterocycles. The summed E-state index contributed by atoms with van der Waals surface area (Å²) >= 11 is 0. The van der Waals surface area contributed by atoms with Crippen LogP contribution in [0.5, 0.6) is 0 Å². The zero-order chi connectivity index (χ0) is 11.1. The fourth-order valence-electron chi connectivity index (χ4n) is 1.75. The predicted octanol–water partition coefficient (Wildman–Crippen LogP) is -0.468. The Morgan fingerprint density at radius 3 is 2.53 bits per heavy atom. The van der Waals surface area contributed by atoms with Crippen LogP contribution in [0.4, 0.5) is 0 Å². The van der Waals surface area contributed by atoms with Crippen molar-refractivity contribution in [3.05, 3.63) is 0 Å². The van der Waals surface area contributed by atoms with Gasteiger partial charge in [-0.05, 0) is 25.7 Å². The van der Waals surface area contributed by atoms with Crippen molar-refractivity contribution < 1.29 is 18.3 Å². The van der Waals surface area contributed by atoms with Crippen LogP contribution in [0.3, 0.4) is 0 Å². The number of rotatable bonds is 4. The molecule has 0 aromatic rings. The van der Waals surface area contributed by atoms with Gasteiger partial charge in [0, 0.05) is 12.6 Å². The summed E-state index contributed by atoms with van der Waals surface area (Å²) in [5, 5.41) is 8.86. The predicted molar refractivity (Wildman–Crippen MR) is 52.4 cm³/mol. The SMILES string of the molecule is O=C(O)C1CCCN1S(=O)(=O)NC1CC1. The van der Waals surface area contributed by atoms with Crippen molar-refractivity contribution in [2.24, 2.45) is 0 Å². The van der Waals surface area contributed by atoms with Crippen LogP contribution in [-0.2, 0) is 15.0 Å². The highest BCUT2D eigenvalue weighted by Gasteiger charge is 2.40. The van der Waals surface area contributed by atoms with E-state index in [9.17, 15) is 13.2 Å². The molecule has 15 heavy (non-hydrogen) atoms. The minimum atomic E-state index is -3.59. The Kier molecular flexibility index (Phi) is 2.70. The van der Waals surface area contributed by atoms with Crippen LogP contribution in [-0.4, -0.2) is 42.4 Å². The zero-order valence-corrected chi connectivity index (χ0v) is 9.03. The molecule has 1 saturated heterocycles. The maximum absolute atomic E-state index is 11.7. The van der Waals surface area contributed by atoms with Crippen molar-refractivity contribution >= 4 is 16.2 Å². The molecule has 2 fully saturated rings. The summed E-state index contributed by atoms with van der Waals surface area (Å²) in [6, 6.07) is -0.869. The standard InChI is InChI=1S/C8H14N2O4S/c11-8(12)7-2-1-5-10(7)15(13,14)9-6-3-4-6/h6-7,9H,1-5H2,(H,11,12). The van der Waals surface area contributed by atoms with Crippen molar-refractivity contribution in [1.29, 1.82) is 0 Å². The average molecular weight is 234 g/mol. The van der Waals surface area contributed by atoms with E-state index < -0.39 is 22.2 Å². The molecule has 1 unspecified atom stereocenters. The maximum Gasteiger partial charge on any atom is 0.322 e. The van der Waals surface area contributed by atoms with Gasteiger partial charge in [0.05, 0.1) is 0 Å². The summed E-state index contributed by atoms with van der Waals surface area (Å²) in [7, 11) is -3.59. The Hall–Kier alpha value is -0.660. The number of carboxylic acids is 1. The molecule has 1 aliphatic carbocycles. The molecule has 2 N–H and O–H groups in total. The zero-order valence-electron chi connectivity index (χ0n) is 8.22. The van der Waals surface area contributed by atoms with Gasteiger partial charge in [0.25, 0.3) is 10.2 Å². The van der Waals surface area contributed by atoms with Crippen molar-refractivity contribution in [3.8, 4) is 0 Å². The summed E-state index contributed by atoms with van der Waals surface area (Å²) < 4.78 is 27.1. The molecule has 86 valence electrons. The normalized spacial score (nSPS) is 28.1. The molecular formula is C8H14N2O4S. The molecule has 0 amide bonds. The molecule has 0 bridgehead atoms. The van der Waals surface area contributed by atoms with E-state index in [1.165, 1.54) is 0 Å². The second kappa shape index (κ2) is 3.73. The van der Waals surface area contributed by atoms with Gasteiger partial charge in [-0.1, -0.05) is 0 Å². The summed E-state index contributed by atoms with van der Waals surface area (Å²) in [4.78, 5) is 10.8. The largest absolute Gasteiger partial charge is 0.480 e. The van der Waals surface area contributed by atoms with Gasteiger partial charge in [0.15, 0.2) is 0 Å². The van der Waals surface area contributed by atoms with Gasteiger partial charge in [-0.3, -0.25) is 4.79 Å². The number of carboxylic acid groups (broad SMARTS) is 1. The molecule has 1 saturated carbocycles. The van der Waals surface area contributed by atoms with Gasteiger partial charge in [0.1, 0.15) is 6.04 Å². The molecule has 2 aliphatic rings. The Morgan fingerprint density at radius 2 is 2.00 bits per heavy atom. The first-order valence-electron chi connectivity index (χ1n) is 5.02. The Labute approximate surface area is 88.4 Å². The molecule has 0 spiro atoms. The molecule has 1 atom stereocenters. The third-order valence-electron chi connectivity index (χ3n) is 2.69. The molecule has 6 nitrogen and oxygen atoms in total. The van der Waals surface area contributed by atoms with Crippen LogP contribution >= 0.6 is 0 Å². The molecular weight excluding hydrogens is 220 g/mol.